The van der Waals surface area contributed by atoms with Crippen molar-refractivity contribution in [3.63, 3.8) is 0 Å². The van der Waals surface area contributed by atoms with Crippen LogP contribution in [0.5, 0.6) is 11.5 Å². The fraction of sp³-hybridized carbons (Fsp3) is 0.345. The number of nitrogens with zero attached hydrogens (tertiary/aromatic N) is 18. The molecule has 2 aromatic carbocycles. The van der Waals surface area contributed by atoms with E-state index >= 15 is 0 Å². The number of hydrogen-bond acceptors (Lipinski definition) is 19. The number of aryl methyl sites for hydroxylation is 3. The minimum absolute atomic E-state index is 0.132. The molecule has 0 saturated carbocycles. The maximum Gasteiger partial charge on any atom is 0.293 e. The number of halogens is 1. The van der Waals surface area contributed by atoms with E-state index in [1.807, 2.05) is 86.6 Å². The fourth-order valence-electron chi connectivity index (χ4n) is 10.3. The SMILES string of the molecule is [C-]#[N+]c1nc(Cc2cc(Nc3cccc(-c4nnn(C)n4)c3OC)c3c(n2)CC(C)=N3)ccc1NCCCCl.[C-]#[N+]c1nc(Cc2cc(Nc3cccc(-c4nnn(C)n4)c3OC)c3nc(C)n(C4CCCCO4)c3n2)ccc1N1CCC1. The first kappa shape index (κ1) is 55.3. The van der Waals surface area contributed by atoms with Crippen molar-refractivity contribution in [3.05, 3.63) is 130 Å². The van der Waals surface area contributed by atoms with Crippen molar-refractivity contribution < 1.29 is 14.2 Å². The van der Waals surface area contributed by atoms with E-state index in [1.54, 1.807) is 28.3 Å². The van der Waals surface area contributed by atoms with Gasteiger partial charge in [0.25, 0.3) is 11.6 Å². The van der Waals surface area contributed by atoms with Crippen LogP contribution in [0.25, 0.3) is 43.6 Å². The number of imidazole rings is 1. The number of rotatable bonds is 18. The third-order valence-corrected chi connectivity index (χ3v) is 14.5. The molecule has 0 radical (unpaired) electrons. The molecule has 3 aliphatic heterocycles. The van der Waals surface area contributed by atoms with Crippen LogP contribution in [0.15, 0.2) is 77.8 Å². The molecule has 25 heteroatoms. The number of methoxy groups -OCH3 is 2. The van der Waals surface area contributed by atoms with Crippen LogP contribution in [0.4, 0.5) is 51.4 Å². The highest BCUT2D eigenvalue weighted by Gasteiger charge is 2.27. The van der Waals surface area contributed by atoms with Gasteiger partial charge in [-0.15, -0.1) is 42.0 Å². The third-order valence-electron chi connectivity index (χ3n) is 14.2. The predicted octanol–water partition coefficient (Wildman–Crippen LogP) is 10.4. The quantitative estimate of drug-likeness (QED) is 0.0411. The summed E-state index contributed by atoms with van der Waals surface area (Å²) in [5.74, 6) is 4.26. The molecule has 0 spiro atoms. The Hall–Kier alpha value is -9.65. The van der Waals surface area contributed by atoms with Crippen molar-refractivity contribution in [2.75, 3.05) is 67.2 Å². The van der Waals surface area contributed by atoms with Gasteiger partial charge in [-0.2, -0.15) is 9.59 Å². The normalized spacial score (nSPS) is 14.4. The Labute approximate surface area is 484 Å². The van der Waals surface area contributed by atoms with Crippen molar-refractivity contribution in [3.8, 4) is 34.3 Å². The number of alkyl halides is 1. The molecule has 422 valence electrons. The number of fused-ring (bicyclic) bond motifs is 2. The van der Waals surface area contributed by atoms with Crippen LogP contribution in [0.3, 0.4) is 0 Å². The topological polar surface area (TPSA) is 245 Å². The maximum absolute atomic E-state index is 7.74. The molecule has 0 amide bonds. The van der Waals surface area contributed by atoms with E-state index in [-0.39, 0.29) is 6.23 Å². The molecule has 1 atom stereocenters. The standard InChI is InChI=1S/C31H33N11O2.C27H27ClN10O/c1-19-33-27-24(36-23-10-7-9-22(28(23)43-4)29-37-39-40(3)38-29)18-21(35-31(27)42(19)26-11-5-6-16-44-26)17-20-12-13-25(30(32-2)34-20)41-14-8-15-41;1-16-13-22-24(31-16)23(34-20-8-5-7-19(25(20)39-4)26-35-37-38(3)36-26)15-18(32-22)14-17-9-10-21(27(29-2)33-17)30-12-6-11-28/h7,9-10,12-13,18,26H,5-6,8,11,14-17H2,1,3-4H3,(H,35,36);5,7-10,15,30H,6,11-14H2,1,3-4H3,(H,32,34). The lowest BCUT2D eigenvalue weighted by molar-refractivity contribution is -0.0309. The van der Waals surface area contributed by atoms with E-state index in [1.165, 1.54) is 9.59 Å². The molecule has 0 bridgehead atoms. The number of pyridine rings is 4. The summed E-state index contributed by atoms with van der Waals surface area (Å²) in [6.07, 6.45) is 6.43. The van der Waals surface area contributed by atoms with Gasteiger partial charge < -0.3 is 44.8 Å². The van der Waals surface area contributed by atoms with E-state index in [2.05, 4.69) is 70.9 Å². The van der Waals surface area contributed by atoms with Gasteiger partial charge in [-0.1, -0.05) is 25.3 Å². The van der Waals surface area contributed by atoms with Gasteiger partial charge in [0, 0.05) is 44.3 Å². The van der Waals surface area contributed by atoms with Gasteiger partial charge >= 0.3 is 0 Å². The third kappa shape index (κ3) is 11.9. The first-order valence-corrected chi connectivity index (χ1v) is 27.8. The second-order valence-electron chi connectivity index (χ2n) is 20.1. The second kappa shape index (κ2) is 24.6. The summed E-state index contributed by atoms with van der Waals surface area (Å²) in [7, 11) is 6.68. The van der Waals surface area contributed by atoms with Crippen LogP contribution >= 0.6 is 11.6 Å². The summed E-state index contributed by atoms with van der Waals surface area (Å²) in [5, 5.41) is 35.3. The second-order valence-corrected chi connectivity index (χ2v) is 20.5. The lowest BCUT2D eigenvalue weighted by atomic mass is 10.1. The van der Waals surface area contributed by atoms with E-state index in [4.69, 9.17) is 63.9 Å². The van der Waals surface area contributed by atoms with Crippen LogP contribution in [-0.4, -0.2) is 122 Å². The summed E-state index contributed by atoms with van der Waals surface area (Å²) in [6, 6.07) is 23.3. The zero-order chi connectivity index (χ0) is 57.6. The summed E-state index contributed by atoms with van der Waals surface area (Å²) in [4.78, 5) is 41.4. The minimum Gasteiger partial charge on any atom is -0.494 e. The van der Waals surface area contributed by atoms with Gasteiger partial charge in [-0.3, -0.25) is 14.5 Å². The van der Waals surface area contributed by atoms with E-state index < -0.39 is 0 Å². The number of tetrazole rings is 2. The van der Waals surface area contributed by atoms with Gasteiger partial charge in [0.2, 0.25) is 11.6 Å². The first-order valence-electron chi connectivity index (χ1n) is 27.2. The van der Waals surface area contributed by atoms with E-state index in [0.29, 0.717) is 84.3 Å². The number of nitrogens with one attached hydrogen (secondary N) is 3. The van der Waals surface area contributed by atoms with Crippen LogP contribution < -0.4 is 30.3 Å². The average Bonchev–Trinajstić information content (AvgIpc) is 4.15. The van der Waals surface area contributed by atoms with Gasteiger partial charge in [-0.25, -0.2) is 9.97 Å². The molecule has 10 heterocycles. The number of aromatic nitrogens is 14. The summed E-state index contributed by atoms with van der Waals surface area (Å²) < 4.78 is 19.9. The van der Waals surface area contributed by atoms with Crippen molar-refractivity contribution in [2.24, 2.45) is 19.1 Å². The molecule has 2 saturated heterocycles. The zero-order valence-corrected chi connectivity index (χ0v) is 47.6. The molecule has 0 aliphatic carbocycles. The highest BCUT2D eigenvalue weighted by Crippen LogP contribution is 2.43. The fourth-order valence-corrected chi connectivity index (χ4v) is 10.4. The van der Waals surface area contributed by atoms with E-state index in [0.717, 1.165) is 136 Å². The molecule has 7 aromatic heterocycles. The summed E-state index contributed by atoms with van der Waals surface area (Å²) >= 11 is 5.77. The molecular formula is C58H60ClN21O3. The van der Waals surface area contributed by atoms with Crippen LogP contribution in [0.1, 0.15) is 79.5 Å². The summed E-state index contributed by atoms with van der Waals surface area (Å²) in [6.45, 7) is 22.6. The number of ether oxygens (including phenoxy) is 3. The van der Waals surface area contributed by atoms with Gasteiger partial charge in [0.15, 0.2) is 17.1 Å². The van der Waals surface area contributed by atoms with Crippen molar-refractivity contribution in [1.82, 2.24) is 69.9 Å². The average molecular weight is 1130 g/mol. The van der Waals surface area contributed by atoms with Crippen molar-refractivity contribution in [2.45, 2.75) is 71.4 Å². The Bertz CT molecular complexity index is 3980. The molecule has 24 nitrogen and oxygen atoms in total. The van der Waals surface area contributed by atoms with Crippen LogP contribution in [-0.2, 0) is 38.1 Å². The molecule has 3 aliphatic rings. The van der Waals surface area contributed by atoms with Gasteiger partial charge in [-0.05, 0) is 117 Å². The van der Waals surface area contributed by atoms with E-state index in [9.17, 15) is 0 Å². The largest absolute Gasteiger partial charge is 0.494 e. The van der Waals surface area contributed by atoms with Gasteiger partial charge in [0.1, 0.15) is 34.6 Å². The molecule has 2 fully saturated rings. The lowest BCUT2D eigenvalue weighted by Crippen LogP contribution is -2.37. The number of aliphatic imine (C=N–C) groups is 1. The maximum atomic E-state index is 7.74. The Balaban J connectivity index is 0.000000175. The lowest BCUT2D eigenvalue weighted by Gasteiger charge is -2.33. The molecular weight excluding hydrogens is 1070 g/mol. The first-order chi connectivity index (χ1) is 40.5. The smallest absolute Gasteiger partial charge is 0.293 e. The highest BCUT2D eigenvalue weighted by molar-refractivity contribution is 6.17. The number of hydrogen-bond donors (Lipinski definition) is 3. The van der Waals surface area contributed by atoms with Crippen LogP contribution in [0.2, 0.25) is 0 Å². The van der Waals surface area contributed by atoms with Gasteiger partial charge in [0.05, 0.1) is 103 Å². The molecule has 9 aromatic rings. The molecule has 83 heavy (non-hydrogen) atoms. The molecule has 12 rings (SSSR count). The Morgan fingerprint density at radius 2 is 1.34 bits per heavy atom. The minimum atomic E-state index is -0.132. The monoisotopic (exact) mass is 1130 g/mol. The predicted molar refractivity (Wildman–Crippen MR) is 317 cm³/mol. The van der Waals surface area contributed by atoms with Crippen molar-refractivity contribution in [1.29, 1.82) is 0 Å². The Kier molecular flexibility index (Phi) is 16.4. The molecule has 1 unspecified atom stereocenters. The number of benzene rings is 2. The number of anilines is 6. The van der Waals surface area contributed by atoms with Crippen LogP contribution in [0, 0.1) is 20.1 Å². The Morgan fingerprint density at radius 1 is 0.699 bits per heavy atom. The summed E-state index contributed by atoms with van der Waals surface area (Å²) in [5.41, 5.74) is 13.4. The Morgan fingerprint density at radius 3 is 1.93 bits per heavy atom. The highest BCUT2D eigenvalue weighted by atomic mass is 35.5. The number of para-hydroxylation sites is 2. The zero-order valence-electron chi connectivity index (χ0n) is 46.9. The van der Waals surface area contributed by atoms with Crippen molar-refractivity contribution >= 4 is 79.9 Å². The molecule has 3 N–H and O–H groups in total.